The molecule has 0 unspecified atom stereocenters. The standard InChI is InChI=1S/C29H36N8O2/c1-18(37-14-12-19-7-6-13-34-25(19)17-37)22-11-10-20(16-35-22)21-8-5-9-23(28(21)39-4)36-24(15-26(30)32-2)27(31)29(38)33-3/h5-11,13,15,32,35-36H,1,12,14,16-17,30-31H2,2-4H3,(H,33,38)/b26-15+,27-24+. The predicted molar refractivity (Wildman–Crippen MR) is 155 cm³/mol. The number of nitrogens with two attached hydrogens (primary N) is 2. The Bertz CT molecular complexity index is 1390. The Hall–Kier alpha value is -4.86. The number of hydrogen-bond donors (Lipinski definition) is 6. The first kappa shape index (κ1) is 27.2. The van der Waals surface area contributed by atoms with Crippen LogP contribution in [0.2, 0.25) is 0 Å². The van der Waals surface area contributed by atoms with Crippen LogP contribution in [0.25, 0.3) is 5.57 Å². The van der Waals surface area contributed by atoms with Crippen molar-refractivity contribution >= 4 is 17.2 Å². The van der Waals surface area contributed by atoms with Crippen LogP contribution in [-0.2, 0) is 17.8 Å². The number of carbonyl (C=O) groups is 1. The lowest BCUT2D eigenvalue weighted by Gasteiger charge is -2.33. The topological polar surface area (TPSA) is 143 Å². The zero-order valence-corrected chi connectivity index (χ0v) is 22.6. The van der Waals surface area contributed by atoms with Gasteiger partial charge in [0.2, 0.25) is 0 Å². The molecule has 0 spiro atoms. The van der Waals surface area contributed by atoms with Crippen LogP contribution < -0.4 is 37.5 Å². The van der Waals surface area contributed by atoms with Crippen LogP contribution >= 0.6 is 0 Å². The first-order chi connectivity index (χ1) is 18.9. The number of rotatable bonds is 9. The van der Waals surface area contributed by atoms with Gasteiger partial charge in [-0.3, -0.25) is 9.78 Å². The minimum atomic E-state index is -0.433. The Morgan fingerprint density at radius 2 is 2.00 bits per heavy atom. The van der Waals surface area contributed by atoms with E-state index >= 15 is 0 Å². The van der Waals surface area contributed by atoms with Crippen LogP contribution in [0.3, 0.4) is 0 Å². The highest BCUT2D eigenvalue weighted by Crippen LogP contribution is 2.36. The van der Waals surface area contributed by atoms with Crippen molar-refractivity contribution in [3.63, 3.8) is 0 Å². The van der Waals surface area contributed by atoms with Gasteiger partial charge in [-0.05, 0) is 35.8 Å². The van der Waals surface area contributed by atoms with Gasteiger partial charge in [-0.1, -0.05) is 30.9 Å². The molecule has 8 N–H and O–H groups in total. The summed E-state index contributed by atoms with van der Waals surface area (Å²) in [7, 11) is 4.80. The Balaban J connectivity index is 1.59. The number of nitrogens with one attached hydrogen (secondary N) is 4. The van der Waals surface area contributed by atoms with Crippen LogP contribution in [0.15, 0.2) is 89.9 Å². The highest BCUT2D eigenvalue weighted by atomic mass is 16.5. The molecule has 0 bridgehead atoms. The molecule has 1 amide bonds. The minimum Gasteiger partial charge on any atom is -0.494 e. The molecule has 10 heteroatoms. The van der Waals surface area contributed by atoms with Gasteiger partial charge in [-0.15, -0.1) is 0 Å². The maximum Gasteiger partial charge on any atom is 0.269 e. The number of likely N-dealkylation sites (N-methyl/N-ethyl adjacent to an activating group) is 1. The summed E-state index contributed by atoms with van der Waals surface area (Å²) in [6.45, 7) is 6.58. The summed E-state index contributed by atoms with van der Waals surface area (Å²) in [5, 5.41) is 12.1. The number of methoxy groups -OCH3 is 1. The average Bonchev–Trinajstić information content (AvgIpc) is 2.99. The van der Waals surface area contributed by atoms with E-state index in [1.165, 1.54) is 12.6 Å². The lowest BCUT2D eigenvalue weighted by Crippen LogP contribution is -2.34. The van der Waals surface area contributed by atoms with E-state index in [9.17, 15) is 4.79 Å². The zero-order chi connectivity index (χ0) is 27.9. The van der Waals surface area contributed by atoms with E-state index in [0.717, 1.165) is 47.7 Å². The monoisotopic (exact) mass is 528 g/mol. The fourth-order valence-electron chi connectivity index (χ4n) is 4.55. The molecule has 0 aliphatic carbocycles. The Kier molecular flexibility index (Phi) is 8.45. The number of allylic oxidation sites excluding steroid dienone is 3. The molecule has 0 atom stereocenters. The van der Waals surface area contributed by atoms with Gasteiger partial charge < -0.3 is 42.4 Å². The summed E-state index contributed by atoms with van der Waals surface area (Å²) in [5.41, 5.74) is 19.3. The number of fused-ring (bicyclic) bond motifs is 1. The number of amides is 1. The van der Waals surface area contributed by atoms with Crippen LogP contribution in [0, 0.1) is 0 Å². The average molecular weight is 529 g/mol. The molecule has 2 aliphatic rings. The van der Waals surface area contributed by atoms with Crippen molar-refractivity contribution in [3.8, 4) is 5.75 Å². The van der Waals surface area contributed by atoms with Crippen molar-refractivity contribution in [2.45, 2.75) is 13.0 Å². The van der Waals surface area contributed by atoms with Crippen molar-refractivity contribution in [3.05, 3.63) is 107 Å². The molecule has 4 rings (SSSR count). The molecular weight excluding hydrogens is 492 g/mol. The normalized spacial score (nSPS) is 15.6. The number of dihydropyridines is 1. The second kappa shape index (κ2) is 12.1. The summed E-state index contributed by atoms with van der Waals surface area (Å²) < 4.78 is 5.82. The second-order valence-electron chi connectivity index (χ2n) is 9.12. The number of pyridine rings is 1. The lowest BCUT2D eigenvalue weighted by atomic mass is 9.99. The fourth-order valence-corrected chi connectivity index (χ4v) is 4.55. The minimum absolute atomic E-state index is 0.0108. The Morgan fingerprint density at radius 1 is 1.18 bits per heavy atom. The molecule has 0 fully saturated rings. The first-order valence-electron chi connectivity index (χ1n) is 12.7. The third kappa shape index (κ3) is 6.01. The highest BCUT2D eigenvalue weighted by Gasteiger charge is 2.22. The molecule has 1 aromatic carbocycles. The summed E-state index contributed by atoms with van der Waals surface area (Å²) in [4.78, 5) is 19.0. The van der Waals surface area contributed by atoms with E-state index in [1.807, 2.05) is 36.5 Å². The number of nitrogens with zero attached hydrogens (tertiary/aromatic N) is 2. The van der Waals surface area contributed by atoms with Gasteiger partial charge in [0.25, 0.3) is 5.91 Å². The molecule has 0 saturated carbocycles. The molecule has 3 heterocycles. The predicted octanol–water partition coefficient (Wildman–Crippen LogP) is 1.88. The molecule has 39 heavy (non-hydrogen) atoms. The number of aromatic nitrogens is 1. The summed E-state index contributed by atoms with van der Waals surface area (Å²) in [6, 6.07) is 9.88. The molecule has 2 aromatic rings. The summed E-state index contributed by atoms with van der Waals surface area (Å²) in [6.07, 6.45) is 8.46. The third-order valence-electron chi connectivity index (χ3n) is 6.77. The summed E-state index contributed by atoms with van der Waals surface area (Å²) in [5.74, 6) is 0.515. The largest absolute Gasteiger partial charge is 0.494 e. The van der Waals surface area contributed by atoms with Gasteiger partial charge in [0, 0.05) is 45.0 Å². The molecule has 10 nitrogen and oxygen atoms in total. The second-order valence-corrected chi connectivity index (χ2v) is 9.12. The van der Waals surface area contributed by atoms with Gasteiger partial charge >= 0.3 is 0 Å². The molecule has 0 saturated heterocycles. The number of carbonyl (C=O) groups excluding carboxylic acids is 1. The quantitative estimate of drug-likeness (QED) is 0.212. The van der Waals surface area contributed by atoms with Crippen molar-refractivity contribution in [2.75, 3.05) is 39.6 Å². The third-order valence-corrected chi connectivity index (χ3v) is 6.77. The maximum absolute atomic E-state index is 12.2. The van der Waals surface area contributed by atoms with Crippen LogP contribution in [-0.4, -0.2) is 50.1 Å². The van der Waals surface area contributed by atoms with Gasteiger partial charge in [0.05, 0.1) is 47.9 Å². The van der Waals surface area contributed by atoms with Crippen molar-refractivity contribution < 1.29 is 9.53 Å². The Morgan fingerprint density at radius 3 is 2.69 bits per heavy atom. The van der Waals surface area contributed by atoms with Crippen LogP contribution in [0.5, 0.6) is 5.75 Å². The molecular formula is C29H36N8O2. The van der Waals surface area contributed by atoms with Crippen LogP contribution in [0.1, 0.15) is 16.8 Å². The highest BCUT2D eigenvalue weighted by molar-refractivity contribution is 5.94. The molecule has 204 valence electrons. The smallest absolute Gasteiger partial charge is 0.269 e. The van der Waals surface area contributed by atoms with E-state index in [1.54, 1.807) is 20.2 Å². The van der Waals surface area contributed by atoms with E-state index in [0.29, 0.717) is 29.5 Å². The Labute approximate surface area is 229 Å². The van der Waals surface area contributed by atoms with E-state index in [4.69, 9.17) is 16.2 Å². The number of hydrogen-bond acceptors (Lipinski definition) is 9. The lowest BCUT2D eigenvalue weighted by molar-refractivity contribution is -0.117. The van der Waals surface area contributed by atoms with Gasteiger partial charge in [-0.25, -0.2) is 0 Å². The maximum atomic E-state index is 12.2. The number of ether oxygens (including phenoxy) is 1. The van der Waals surface area contributed by atoms with E-state index in [2.05, 4.69) is 49.9 Å². The SMILES string of the molecule is C=C(C1=CC=C(c2cccc(NC(/C=C(\N)NC)=C(/N)C(=O)NC)c2OC)CN1)N1CCc2cccnc2C1. The first-order valence-corrected chi connectivity index (χ1v) is 12.7. The van der Waals surface area contributed by atoms with Gasteiger partial charge in [0.15, 0.2) is 0 Å². The zero-order valence-electron chi connectivity index (χ0n) is 22.6. The van der Waals surface area contributed by atoms with Gasteiger partial charge in [-0.2, -0.15) is 0 Å². The van der Waals surface area contributed by atoms with Crippen molar-refractivity contribution in [2.24, 2.45) is 11.5 Å². The van der Waals surface area contributed by atoms with E-state index < -0.39 is 5.91 Å². The molecule has 0 radical (unpaired) electrons. The number of para-hydroxylation sites is 1. The number of benzene rings is 1. The molecule has 1 aromatic heterocycles. The van der Waals surface area contributed by atoms with Gasteiger partial charge in [0.1, 0.15) is 11.4 Å². The van der Waals surface area contributed by atoms with Crippen LogP contribution in [0.4, 0.5) is 5.69 Å². The van der Waals surface area contributed by atoms with E-state index in [-0.39, 0.29) is 5.70 Å². The van der Waals surface area contributed by atoms with Crippen molar-refractivity contribution in [1.82, 2.24) is 25.8 Å². The fraction of sp³-hybridized carbons (Fsp3) is 0.241. The molecule has 2 aliphatic heterocycles. The van der Waals surface area contributed by atoms with Crippen molar-refractivity contribution in [1.29, 1.82) is 0 Å². The summed E-state index contributed by atoms with van der Waals surface area (Å²) >= 11 is 0. The number of anilines is 1.